The fourth-order valence-electron chi connectivity index (χ4n) is 3.53. The molecule has 3 rings (SSSR count). The summed E-state index contributed by atoms with van der Waals surface area (Å²) in [6.45, 7) is 5.14. The molecule has 1 unspecified atom stereocenters. The standard InChI is InChI=1S/C24H25NO6/c1-24(2,3)22(29)19-20(15-6-5-7-17(26)13-15)25(23(30)21(19)28)16-10-8-14(9-11-16)12-18(27)31-4/h5-11,13,20,26,28H,12H2,1-4H3. The van der Waals surface area contributed by atoms with Gasteiger partial charge in [-0.15, -0.1) is 0 Å². The van der Waals surface area contributed by atoms with Crippen molar-refractivity contribution in [1.29, 1.82) is 0 Å². The molecule has 0 radical (unpaired) electrons. The van der Waals surface area contributed by atoms with E-state index in [1.54, 1.807) is 57.2 Å². The zero-order valence-corrected chi connectivity index (χ0v) is 17.9. The number of carbonyl (C=O) groups is 3. The number of ether oxygens (including phenoxy) is 1. The Hall–Kier alpha value is -3.61. The van der Waals surface area contributed by atoms with Gasteiger partial charge in [-0.05, 0) is 35.4 Å². The maximum Gasteiger partial charge on any atom is 0.309 e. The third-order valence-corrected chi connectivity index (χ3v) is 5.11. The molecule has 1 aliphatic heterocycles. The summed E-state index contributed by atoms with van der Waals surface area (Å²) >= 11 is 0. The number of carbonyl (C=O) groups excluding carboxylic acids is 3. The van der Waals surface area contributed by atoms with E-state index in [4.69, 9.17) is 0 Å². The van der Waals surface area contributed by atoms with Crippen LogP contribution in [0.15, 0.2) is 59.9 Å². The first-order chi connectivity index (χ1) is 14.5. The largest absolute Gasteiger partial charge is 0.508 e. The van der Waals surface area contributed by atoms with Gasteiger partial charge >= 0.3 is 5.97 Å². The highest BCUT2D eigenvalue weighted by Crippen LogP contribution is 2.43. The number of benzene rings is 2. The Kier molecular flexibility index (Phi) is 5.88. The van der Waals surface area contributed by atoms with Crippen LogP contribution in [-0.2, 0) is 25.5 Å². The van der Waals surface area contributed by atoms with E-state index in [1.807, 2.05) is 0 Å². The quantitative estimate of drug-likeness (QED) is 0.712. The number of anilines is 1. The van der Waals surface area contributed by atoms with Gasteiger partial charge in [0.05, 0.1) is 25.1 Å². The lowest BCUT2D eigenvalue weighted by Crippen LogP contribution is -2.32. The molecule has 0 fully saturated rings. The lowest BCUT2D eigenvalue weighted by Gasteiger charge is -2.29. The molecular weight excluding hydrogens is 398 g/mol. The molecule has 2 aromatic rings. The Bertz CT molecular complexity index is 1060. The van der Waals surface area contributed by atoms with Crippen molar-refractivity contribution in [1.82, 2.24) is 0 Å². The molecule has 2 N–H and O–H groups in total. The van der Waals surface area contributed by atoms with Gasteiger partial charge in [-0.3, -0.25) is 19.3 Å². The number of methoxy groups -OCH3 is 1. The first-order valence-corrected chi connectivity index (χ1v) is 9.80. The summed E-state index contributed by atoms with van der Waals surface area (Å²) in [5, 5.41) is 20.7. The molecular formula is C24H25NO6. The number of hydrogen-bond acceptors (Lipinski definition) is 6. The molecule has 162 valence electrons. The number of aliphatic hydroxyl groups excluding tert-OH is 1. The molecule has 7 nitrogen and oxygen atoms in total. The summed E-state index contributed by atoms with van der Waals surface area (Å²) in [6, 6.07) is 12.0. The predicted molar refractivity (Wildman–Crippen MR) is 115 cm³/mol. The number of hydrogen-bond donors (Lipinski definition) is 2. The van der Waals surface area contributed by atoms with Crippen molar-refractivity contribution >= 4 is 23.3 Å². The van der Waals surface area contributed by atoms with Crippen molar-refractivity contribution < 1.29 is 29.3 Å². The Morgan fingerprint density at radius 1 is 1.06 bits per heavy atom. The molecule has 0 saturated heterocycles. The van der Waals surface area contributed by atoms with Gasteiger partial charge in [0.15, 0.2) is 11.5 Å². The van der Waals surface area contributed by atoms with Crippen molar-refractivity contribution in [3.63, 3.8) is 0 Å². The van der Waals surface area contributed by atoms with Gasteiger partial charge in [0.1, 0.15) is 5.75 Å². The maximum atomic E-state index is 13.2. The van der Waals surface area contributed by atoms with E-state index in [-0.39, 0.29) is 29.5 Å². The summed E-state index contributed by atoms with van der Waals surface area (Å²) in [5.74, 6) is -2.09. The number of rotatable bonds is 5. The first kappa shape index (κ1) is 22.1. The van der Waals surface area contributed by atoms with E-state index in [0.717, 1.165) is 0 Å². The van der Waals surface area contributed by atoms with Crippen molar-refractivity contribution in [2.75, 3.05) is 12.0 Å². The second-order valence-corrected chi connectivity index (χ2v) is 8.43. The van der Waals surface area contributed by atoms with Crippen LogP contribution in [0.3, 0.4) is 0 Å². The number of Topliss-reactive ketones (excluding diaryl/α,β-unsaturated/α-hetero) is 1. The minimum absolute atomic E-state index is 0.0123. The number of aromatic hydroxyl groups is 1. The molecule has 0 saturated carbocycles. The summed E-state index contributed by atoms with van der Waals surface area (Å²) in [4.78, 5) is 39.1. The molecule has 1 amide bonds. The molecule has 0 bridgehead atoms. The maximum absolute atomic E-state index is 13.2. The summed E-state index contributed by atoms with van der Waals surface area (Å²) in [7, 11) is 1.31. The van der Waals surface area contributed by atoms with Gasteiger partial charge in [0.25, 0.3) is 5.91 Å². The monoisotopic (exact) mass is 423 g/mol. The van der Waals surface area contributed by atoms with Crippen LogP contribution >= 0.6 is 0 Å². The Morgan fingerprint density at radius 2 is 1.71 bits per heavy atom. The fraction of sp³-hybridized carbons (Fsp3) is 0.292. The zero-order valence-electron chi connectivity index (χ0n) is 17.9. The molecule has 0 spiro atoms. The minimum Gasteiger partial charge on any atom is -0.508 e. The van der Waals surface area contributed by atoms with Crippen molar-refractivity contribution in [2.24, 2.45) is 5.41 Å². The highest BCUT2D eigenvalue weighted by atomic mass is 16.5. The van der Waals surface area contributed by atoms with Crippen LogP contribution < -0.4 is 4.90 Å². The zero-order chi connectivity index (χ0) is 22.9. The Morgan fingerprint density at radius 3 is 2.26 bits per heavy atom. The lowest BCUT2D eigenvalue weighted by atomic mass is 9.82. The van der Waals surface area contributed by atoms with E-state index < -0.39 is 23.1 Å². The second kappa shape index (κ2) is 8.26. The highest BCUT2D eigenvalue weighted by molar-refractivity contribution is 6.17. The molecule has 1 atom stereocenters. The topological polar surface area (TPSA) is 104 Å². The number of phenols is 1. The van der Waals surface area contributed by atoms with Crippen LogP contribution in [0.25, 0.3) is 0 Å². The first-order valence-electron chi connectivity index (χ1n) is 9.80. The number of amides is 1. The number of aliphatic hydroxyl groups is 1. The minimum atomic E-state index is -0.905. The van der Waals surface area contributed by atoms with Crippen LogP contribution in [0.1, 0.15) is 37.9 Å². The number of nitrogens with zero attached hydrogens (tertiary/aromatic N) is 1. The average molecular weight is 423 g/mol. The number of esters is 1. The molecule has 0 aromatic heterocycles. The van der Waals surface area contributed by atoms with Gasteiger partial charge in [0.2, 0.25) is 0 Å². The van der Waals surface area contributed by atoms with Gasteiger partial charge in [0, 0.05) is 11.1 Å². The number of phenolic OH excluding ortho intramolecular Hbond substituents is 1. The SMILES string of the molecule is COC(=O)Cc1ccc(N2C(=O)C(O)=C(C(=O)C(C)(C)C)C2c2cccc(O)c2)cc1. The van der Waals surface area contributed by atoms with Gasteiger partial charge in [-0.2, -0.15) is 0 Å². The van der Waals surface area contributed by atoms with Gasteiger partial charge < -0.3 is 14.9 Å². The van der Waals surface area contributed by atoms with Gasteiger partial charge in [-0.25, -0.2) is 0 Å². The normalized spacial score (nSPS) is 16.6. The third-order valence-electron chi connectivity index (χ3n) is 5.11. The van der Waals surface area contributed by atoms with Crippen molar-refractivity contribution in [3.05, 3.63) is 71.0 Å². The highest BCUT2D eigenvalue weighted by Gasteiger charge is 2.46. The predicted octanol–water partition coefficient (Wildman–Crippen LogP) is 3.62. The average Bonchev–Trinajstić information content (AvgIpc) is 2.98. The molecule has 2 aromatic carbocycles. The molecule has 1 heterocycles. The summed E-state index contributed by atoms with van der Waals surface area (Å²) in [6.07, 6.45) is 0.0813. The molecule has 31 heavy (non-hydrogen) atoms. The molecule has 1 aliphatic rings. The smallest absolute Gasteiger partial charge is 0.309 e. The second-order valence-electron chi connectivity index (χ2n) is 8.43. The fourth-order valence-corrected chi connectivity index (χ4v) is 3.53. The lowest BCUT2D eigenvalue weighted by molar-refractivity contribution is -0.139. The molecule has 0 aliphatic carbocycles. The third kappa shape index (κ3) is 4.30. The Labute approximate surface area is 180 Å². The van der Waals surface area contributed by atoms with E-state index in [1.165, 1.54) is 24.1 Å². The van der Waals surface area contributed by atoms with E-state index in [9.17, 15) is 24.6 Å². The van der Waals surface area contributed by atoms with Gasteiger partial charge in [-0.1, -0.05) is 45.0 Å². The van der Waals surface area contributed by atoms with Crippen LogP contribution in [0.5, 0.6) is 5.75 Å². The summed E-state index contributed by atoms with van der Waals surface area (Å²) < 4.78 is 4.67. The van der Waals surface area contributed by atoms with Crippen LogP contribution in [0.2, 0.25) is 0 Å². The van der Waals surface area contributed by atoms with E-state index in [0.29, 0.717) is 16.8 Å². The summed E-state index contributed by atoms with van der Waals surface area (Å²) in [5.41, 5.74) is 0.777. The number of ketones is 1. The van der Waals surface area contributed by atoms with Crippen LogP contribution in [0.4, 0.5) is 5.69 Å². The van der Waals surface area contributed by atoms with E-state index >= 15 is 0 Å². The van der Waals surface area contributed by atoms with Crippen molar-refractivity contribution in [2.45, 2.75) is 33.2 Å². The van der Waals surface area contributed by atoms with Crippen LogP contribution in [-0.4, -0.2) is 35.0 Å². The van der Waals surface area contributed by atoms with Crippen LogP contribution in [0, 0.1) is 5.41 Å². The van der Waals surface area contributed by atoms with E-state index in [2.05, 4.69) is 4.74 Å². The molecule has 7 heteroatoms. The Balaban J connectivity index is 2.10. The van der Waals surface area contributed by atoms with Crippen molar-refractivity contribution in [3.8, 4) is 5.75 Å².